The first-order chi connectivity index (χ1) is 25.7. The smallest absolute Gasteiger partial charge is 0.332 e. The maximum atomic E-state index is 6.95. The summed E-state index contributed by atoms with van der Waals surface area (Å²) in [5.74, 6) is 2.91. The van der Waals surface area contributed by atoms with Gasteiger partial charge in [0.05, 0.1) is 56.3 Å². The highest BCUT2D eigenvalue weighted by molar-refractivity contribution is 7.42. The van der Waals surface area contributed by atoms with E-state index in [1.54, 1.807) is 0 Å². The molecule has 0 bridgehead atoms. The van der Waals surface area contributed by atoms with E-state index in [0.717, 1.165) is 37.2 Å². The van der Waals surface area contributed by atoms with E-state index in [1.165, 1.54) is 0 Å². The van der Waals surface area contributed by atoms with Crippen molar-refractivity contribution in [2.75, 3.05) is 26.4 Å². The van der Waals surface area contributed by atoms with Crippen molar-refractivity contribution in [1.29, 1.82) is 0 Å². The molecule has 1 spiro atoms. The molecule has 8 nitrogen and oxygen atoms in total. The van der Waals surface area contributed by atoms with Crippen LogP contribution in [0.25, 0.3) is 0 Å². The first-order valence-electron chi connectivity index (χ1n) is 20.6. The molecule has 0 N–H and O–H groups in total. The van der Waals surface area contributed by atoms with E-state index in [0.29, 0.717) is 26.4 Å². The van der Waals surface area contributed by atoms with Gasteiger partial charge in [0.2, 0.25) is 0 Å². The van der Waals surface area contributed by atoms with Crippen LogP contribution in [0.1, 0.15) is 109 Å². The second-order valence-electron chi connectivity index (χ2n) is 21.1. The molecule has 2 saturated carbocycles. The highest BCUT2D eigenvalue weighted by atomic mass is 31.2. The van der Waals surface area contributed by atoms with Gasteiger partial charge in [0.15, 0.2) is 0 Å². The molecule has 6 rings (SSSR count). The molecule has 2 saturated heterocycles. The Morgan fingerprint density at radius 2 is 0.727 bits per heavy atom. The zero-order valence-electron chi connectivity index (χ0n) is 35.7. The van der Waals surface area contributed by atoms with Gasteiger partial charge in [0.25, 0.3) is 0 Å². The molecule has 4 aliphatic rings. The summed E-state index contributed by atoms with van der Waals surface area (Å²) in [4.78, 5) is 0. The summed E-state index contributed by atoms with van der Waals surface area (Å²) in [7, 11) is -3.06. The van der Waals surface area contributed by atoms with Gasteiger partial charge in [-0.05, 0) is 95.3 Å². The van der Waals surface area contributed by atoms with Gasteiger partial charge in [-0.1, -0.05) is 119 Å². The van der Waals surface area contributed by atoms with Gasteiger partial charge in [0.1, 0.15) is 11.5 Å². The summed E-state index contributed by atoms with van der Waals surface area (Å²) in [6.45, 7) is 29.7. The van der Waals surface area contributed by atoms with Crippen LogP contribution in [0.3, 0.4) is 0 Å². The third kappa shape index (κ3) is 11.0. The van der Waals surface area contributed by atoms with Crippen molar-refractivity contribution in [3.8, 4) is 11.5 Å². The summed E-state index contributed by atoms with van der Waals surface area (Å²) >= 11 is 0. The van der Waals surface area contributed by atoms with Gasteiger partial charge in [-0.25, -0.2) is 0 Å². The summed E-state index contributed by atoms with van der Waals surface area (Å²) in [5, 5.41) is 0. The second kappa shape index (κ2) is 17.1. The summed E-state index contributed by atoms with van der Waals surface area (Å²) in [6.07, 6.45) is 3.87. The fraction of sp³-hybridized carbons (Fsp3) is 0.733. The van der Waals surface area contributed by atoms with Gasteiger partial charge >= 0.3 is 17.2 Å². The van der Waals surface area contributed by atoms with Crippen LogP contribution in [0.4, 0.5) is 0 Å². The van der Waals surface area contributed by atoms with Crippen LogP contribution in [-0.2, 0) is 27.1 Å². The van der Waals surface area contributed by atoms with E-state index in [2.05, 4.69) is 107 Å². The minimum atomic E-state index is -1.53. The van der Waals surface area contributed by atoms with Gasteiger partial charge in [-0.15, -0.1) is 0 Å². The summed E-state index contributed by atoms with van der Waals surface area (Å²) in [5.41, 5.74) is -0.366. The Bertz CT molecular complexity index is 1320. The van der Waals surface area contributed by atoms with E-state index >= 15 is 0 Å². The minimum Gasteiger partial charge on any atom is -0.490 e. The van der Waals surface area contributed by atoms with Gasteiger partial charge < -0.3 is 36.6 Å². The lowest BCUT2D eigenvalue weighted by Crippen LogP contribution is -2.52. The van der Waals surface area contributed by atoms with Crippen LogP contribution in [0.2, 0.25) is 0 Å². The number of hydrogen-bond donors (Lipinski definition) is 0. The first-order valence-corrected chi connectivity index (χ1v) is 22.8. The predicted octanol–water partition coefficient (Wildman–Crippen LogP) is 12.4. The Morgan fingerprint density at radius 1 is 0.455 bits per heavy atom. The number of benzene rings is 2. The van der Waals surface area contributed by atoms with Gasteiger partial charge in [-0.2, -0.15) is 0 Å². The maximum absolute atomic E-state index is 6.95. The number of hydrogen-bond acceptors (Lipinski definition) is 8. The van der Waals surface area contributed by atoms with Crippen LogP contribution in [0, 0.1) is 50.7 Å². The van der Waals surface area contributed by atoms with Crippen LogP contribution >= 0.6 is 17.2 Å². The van der Waals surface area contributed by atoms with E-state index in [1.807, 2.05) is 36.4 Å². The quantitative estimate of drug-likeness (QED) is 0.244. The second-order valence-corrected chi connectivity index (χ2v) is 23.5. The molecule has 10 heteroatoms. The maximum Gasteiger partial charge on any atom is 0.332 e. The van der Waals surface area contributed by atoms with Crippen LogP contribution in [0.15, 0.2) is 60.7 Å². The highest BCUT2D eigenvalue weighted by Gasteiger charge is 2.53. The van der Waals surface area contributed by atoms with Crippen molar-refractivity contribution in [3.05, 3.63) is 60.7 Å². The lowest BCUT2D eigenvalue weighted by molar-refractivity contribution is -0.124. The molecular weight excluding hydrogens is 730 g/mol. The third-order valence-corrected chi connectivity index (χ3v) is 14.7. The van der Waals surface area contributed by atoms with Crippen molar-refractivity contribution < 1.29 is 36.6 Å². The fourth-order valence-electron chi connectivity index (χ4n) is 9.08. The molecule has 2 aromatic carbocycles. The molecule has 2 heterocycles. The van der Waals surface area contributed by atoms with Crippen LogP contribution in [-0.4, -0.2) is 50.8 Å². The Hall–Kier alpha value is -1.34. The number of para-hydroxylation sites is 2. The summed E-state index contributed by atoms with van der Waals surface area (Å²) < 4.78 is 53.0. The predicted molar refractivity (Wildman–Crippen MR) is 222 cm³/mol. The first kappa shape index (κ1) is 43.2. The molecule has 4 unspecified atom stereocenters. The Kier molecular flexibility index (Phi) is 13.4. The van der Waals surface area contributed by atoms with Gasteiger partial charge in [0, 0.05) is 0 Å². The highest BCUT2D eigenvalue weighted by Crippen LogP contribution is 2.60. The normalized spacial score (nSPS) is 35.3. The average Bonchev–Trinajstić information content (AvgIpc) is 3.10. The lowest BCUT2D eigenvalue weighted by atomic mass is 9.60. The molecule has 4 fully saturated rings. The SMILES string of the molecule is CC(C)(C)C1CC(Oc2ccccc2)CC(C(C)(C)C)C1OP1OCC2(CO1)COP(OC1C(C(C)(C)C)CC(Oc3ccccc3)CC1C(C)(C)C)OC2. The lowest BCUT2D eigenvalue weighted by Gasteiger charge is -2.52. The number of ether oxygens (including phenoxy) is 2. The molecule has 308 valence electrons. The molecule has 2 aromatic rings. The van der Waals surface area contributed by atoms with Crippen molar-refractivity contribution in [3.63, 3.8) is 0 Å². The topological polar surface area (TPSA) is 73.8 Å². The molecule has 0 amide bonds. The monoisotopic (exact) mass is 800 g/mol. The average molecular weight is 801 g/mol. The fourth-order valence-corrected chi connectivity index (χ4v) is 12.0. The summed E-state index contributed by atoms with van der Waals surface area (Å²) in [6, 6.07) is 20.4. The van der Waals surface area contributed by atoms with Gasteiger partial charge in [-0.3, -0.25) is 0 Å². The molecule has 55 heavy (non-hydrogen) atoms. The molecule has 0 aromatic heterocycles. The van der Waals surface area contributed by atoms with E-state index in [9.17, 15) is 0 Å². The van der Waals surface area contributed by atoms with Crippen molar-refractivity contribution in [1.82, 2.24) is 0 Å². The number of rotatable bonds is 8. The van der Waals surface area contributed by atoms with Crippen molar-refractivity contribution in [2.24, 2.45) is 50.7 Å². The van der Waals surface area contributed by atoms with Crippen LogP contribution < -0.4 is 9.47 Å². The molecule has 2 aliphatic carbocycles. The Balaban J connectivity index is 1.07. The third-order valence-electron chi connectivity index (χ3n) is 12.5. The zero-order chi connectivity index (χ0) is 39.8. The van der Waals surface area contributed by atoms with E-state index in [4.69, 9.17) is 36.6 Å². The minimum absolute atomic E-state index is 0.00755. The van der Waals surface area contributed by atoms with E-state index < -0.39 is 22.6 Å². The molecular formula is C45H70O8P2. The largest absolute Gasteiger partial charge is 0.490 e. The zero-order valence-corrected chi connectivity index (χ0v) is 37.5. The molecule has 2 aliphatic heterocycles. The molecule has 0 radical (unpaired) electrons. The van der Waals surface area contributed by atoms with Crippen molar-refractivity contribution in [2.45, 2.75) is 133 Å². The Labute approximate surface area is 335 Å². The molecule has 4 atom stereocenters. The standard InChI is InChI=1S/C45H70O8P2/c1-41(2,3)35-23-33(50-31-19-15-13-16-20-31)24-36(42(4,5)6)39(35)52-54-46-27-45(28-47-54)29-48-55(49-30-45)53-40-37(43(7,8)9)25-34(26-38(40)44(10,11)12)51-32-21-17-14-18-22-32/h13-22,33-40H,23-30H2,1-12H3. The van der Waals surface area contributed by atoms with Crippen molar-refractivity contribution >= 4 is 17.2 Å². The Morgan fingerprint density at radius 3 is 0.982 bits per heavy atom. The van der Waals surface area contributed by atoms with E-state index in [-0.39, 0.29) is 69.7 Å². The van der Waals surface area contributed by atoms with Crippen LogP contribution in [0.5, 0.6) is 11.5 Å².